The molecule has 138 valence electrons. The molecule has 0 bridgehead atoms. The first-order chi connectivity index (χ1) is 11.5. The molecule has 25 heavy (non-hydrogen) atoms. The second-order valence-electron chi connectivity index (χ2n) is 5.63. The maximum Gasteiger partial charge on any atom is 0.320 e. The van der Waals surface area contributed by atoms with E-state index in [2.05, 4.69) is 26.6 Å². The van der Waals surface area contributed by atoms with Gasteiger partial charge in [-0.1, -0.05) is 18.6 Å². The predicted molar refractivity (Wildman–Crippen MR) is 99.9 cm³/mol. The zero-order valence-electron chi connectivity index (χ0n) is 13.5. The van der Waals surface area contributed by atoms with E-state index < -0.39 is 12.0 Å². The van der Waals surface area contributed by atoms with Gasteiger partial charge in [-0.3, -0.25) is 19.3 Å². The fraction of sp³-hybridized carbons (Fsp3) is 0.438. The fourth-order valence-electron chi connectivity index (χ4n) is 2.64. The molecule has 1 atom stereocenters. The Labute approximate surface area is 160 Å². The largest absolute Gasteiger partial charge is 0.480 e. The molecule has 2 amide bonds. The van der Waals surface area contributed by atoms with Crippen LogP contribution in [-0.4, -0.2) is 53.5 Å². The van der Waals surface area contributed by atoms with Crippen LogP contribution in [0.5, 0.6) is 0 Å². The number of halogens is 2. The normalized spacial score (nSPS) is 17.2. The number of carboxylic acid groups (broad SMARTS) is 1. The van der Waals surface area contributed by atoms with E-state index in [4.69, 9.17) is 0 Å². The van der Waals surface area contributed by atoms with Crippen LogP contribution >= 0.6 is 28.3 Å². The van der Waals surface area contributed by atoms with Crippen molar-refractivity contribution in [2.24, 2.45) is 0 Å². The summed E-state index contributed by atoms with van der Waals surface area (Å²) in [6.45, 7) is 0.401. The molecule has 0 radical (unpaired) electrons. The minimum atomic E-state index is -0.908. The molecular weight excluding hydrogens is 414 g/mol. The van der Waals surface area contributed by atoms with Crippen molar-refractivity contribution in [2.45, 2.75) is 25.3 Å². The third-order valence-corrected chi connectivity index (χ3v) is 4.53. The summed E-state index contributed by atoms with van der Waals surface area (Å²) in [5, 5.41) is 14.4. The van der Waals surface area contributed by atoms with Crippen LogP contribution in [0.4, 0.5) is 5.69 Å². The van der Waals surface area contributed by atoms with Gasteiger partial charge in [0.1, 0.15) is 6.04 Å². The Hall–Kier alpha value is -1.64. The lowest BCUT2D eigenvalue weighted by Gasteiger charge is -2.32. The zero-order chi connectivity index (χ0) is 17.5. The number of hydrogen-bond acceptors (Lipinski definition) is 4. The summed E-state index contributed by atoms with van der Waals surface area (Å²) in [5.41, 5.74) is 0.624. The lowest BCUT2D eigenvalue weighted by molar-refractivity contribution is -0.145. The number of rotatable bonds is 6. The number of likely N-dealkylation sites (tertiary alicyclic amines) is 1. The van der Waals surface area contributed by atoms with Gasteiger partial charge in [0.2, 0.25) is 11.8 Å². The number of piperidine rings is 1. The summed E-state index contributed by atoms with van der Waals surface area (Å²) in [7, 11) is 0. The average Bonchev–Trinajstić information content (AvgIpc) is 2.55. The van der Waals surface area contributed by atoms with Gasteiger partial charge < -0.3 is 15.7 Å². The highest BCUT2D eigenvalue weighted by molar-refractivity contribution is 9.10. The molecule has 2 rings (SSSR count). The van der Waals surface area contributed by atoms with Crippen molar-refractivity contribution in [3.8, 4) is 0 Å². The molecule has 1 saturated heterocycles. The first-order valence-electron chi connectivity index (χ1n) is 7.75. The van der Waals surface area contributed by atoms with E-state index in [0.29, 0.717) is 18.7 Å². The highest BCUT2D eigenvalue weighted by Gasteiger charge is 2.29. The standard InChI is InChI=1S/C16H20BrN3O4.ClH/c17-11-5-1-2-6-12(11)19-14(21)9-18-15(22)10-20-8-4-3-7-13(20)16(23)24;/h1-2,5-6,13H,3-4,7-10H2,(H,18,22)(H,19,21)(H,23,24);1H. The maximum atomic E-state index is 12.0. The number of carboxylic acids is 1. The third kappa shape index (κ3) is 6.64. The lowest BCUT2D eigenvalue weighted by atomic mass is 10.0. The highest BCUT2D eigenvalue weighted by Crippen LogP contribution is 2.20. The fourth-order valence-corrected chi connectivity index (χ4v) is 3.02. The van der Waals surface area contributed by atoms with Crippen LogP contribution in [0.25, 0.3) is 0 Å². The quantitative estimate of drug-likeness (QED) is 0.635. The molecule has 7 nitrogen and oxygen atoms in total. The van der Waals surface area contributed by atoms with Crippen LogP contribution < -0.4 is 10.6 Å². The van der Waals surface area contributed by atoms with Crippen LogP contribution in [0.15, 0.2) is 28.7 Å². The summed E-state index contributed by atoms with van der Waals surface area (Å²) in [4.78, 5) is 36.7. The Morgan fingerprint density at radius 3 is 2.60 bits per heavy atom. The van der Waals surface area contributed by atoms with Gasteiger partial charge in [0.05, 0.1) is 18.8 Å². The van der Waals surface area contributed by atoms with Crippen molar-refractivity contribution in [1.29, 1.82) is 0 Å². The van der Waals surface area contributed by atoms with Crippen LogP contribution in [-0.2, 0) is 14.4 Å². The summed E-state index contributed by atoms with van der Waals surface area (Å²) in [5.74, 6) is -1.61. The lowest BCUT2D eigenvalue weighted by Crippen LogP contribution is -2.49. The van der Waals surface area contributed by atoms with E-state index in [1.807, 2.05) is 6.07 Å². The Kier molecular flexibility index (Phi) is 8.88. The van der Waals surface area contributed by atoms with E-state index in [9.17, 15) is 19.5 Å². The molecule has 3 N–H and O–H groups in total. The average molecular weight is 435 g/mol. The SMILES string of the molecule is Cl.O=C(CN1CCCCC1C(=O)O)NCC(=O)Nc1ccccc1Br. The van der Waals surface area contributed by atoms with Crippen molar-refractivity contribution in [2.75, 3.05) is 25.0 Å². The minimum absolute atomic E-state index is 0. The van der Waals surface area contributed by atoms with Crippen molar-refractivity contribution in [3.05, 3.63) is 28.7 Å². The van der Waals surface area contributed by atoms with Crippen molar-refractivity contribution >= 4 is 51.8 Å². The third-order valence-electron chi connectivity index (χ3n) is 3.84. The van der Waals surface area contributed by atoms with Crippen LogP contribution in [0.3, 0.4) is 0 Å². The number of nitrogens with one attached hydrogen (secondary N) is 2. The number of para-hydroxylation sites is 1. The Balaban J connectivity index is 0.00000312. The molecule has 1 aliphatic rings. The molecule has 9 heteroatoms. The summed E-state index contributed by atoms with van der Waals surface area (Å²) >= 11 is 3.33. The van der Waals surface area contributed by atoms with E-state index in [1.165, 1.54) is 0 Å². The topological polar surface area (TPSA) is 98.7 Å². The van der Waals surface area contributed by atoms with Crippen molar-refractivity contribution < 1.29 is 19.5 Å². The molecule has 1 heterocycles. The Morgan fingerprint density at radius 1 is 1.20 bits per heavy atom. The molecule has 1 fully saturated rings. The first-order valence-corrected chi connectivity index (χ1v) is 8.54. The smallest absolute Gasteiger partial charge is 0.320 e. The van der Waals surface area contributed by atoms with Gasteiger partial charge in [-0.05, 0) is 47.4 Å². The molecule has 1 aromatic carbocycles. The second-order valence-corrected chi connectivity index (χ2v) is 6.48. The maximum absolute atomic E-state index is 12.0. The number of hydrogen-bond donors (Lipinski definition) is 3. The van der Waals surface area contributed by atoms with Gasteiger partial charge in [0.25, 0.3) is 0 Å². The number of carbonyl (C=O) groups is 3. The molecule has 0 aliphatic carbocycles. The number of anilines is 1. The number of benzene rings is 1. The van der Waals surface area contributed by atoms with Gasteiger partial charge in [0.15, 0.2) is 0 Å². The molecular formula is C16H21BrClN3O4. The monoisotopic (exact) mass is 433 g/mol. The Morgan fingerprint density at radius 2 is 1.92 bits per heavy atom. The van der Waals surface area contributed by atoms with Crippen LogP contribution in [0, 0.1) is 0 Å². The molecule has 1 unspecified atom stereocenters. The van der Waals surface area contributed by atoms with Gasteiger partial charge in [0, 0.05) is 4.47 Å². The summed E-state index contributed by atoms with van der Waals surface area (Å²) in [6.07, 6.45) is 2.27. The molecule has 1 aliphatic heterocycles. The van der Waals surface area contributed by atoms with Gasteiger partial charge in [-0.25, -0.2) is 0 Å². The van der Waals surface area contributed by atoms with E-state index >= 15 is 0 Å². The van der Waals surface area contributed by atoms with Crippen LogP contribution in [0.2, 0.25) is 0 Å². The number of carbonyl (C=O) groups excluding carboxylic acids is 2. The van der Waals surface area contributed by atoms with E-state index in [1.54, 1.807) is 23.1 Å². The van der Waals surface area contributed by atoms with Gasteiger partial charge >= 0.3 is 5.97 Å². The Bertz CT molecular complexity index is 629. The zero-order valence-corrected chi connectivity index (χ0v) is 15.9. The van der Waals surface area contributed by atoms with Crippen molar-refractivity contribution in [3.63, 3.8) is 0 Å². The van der Waals surface area contributed by atoms with E-state index in [-0.39, 0.29) is 37.3 Å². The van der Waals surface area contributed by atoms with E-state index in [0.717, 1.165) is 17.3 Å². The molecule has 0 aromatic heterocycles. The van der Waals surface area contributed by atoms with Crippen LogP contribution in [0.1, 0.15) is 19.3 Å². The first kappa shape index (κ1) is 21.4. The second kappa shape index (κ2) is 10.4. The van der Waals surface area contributed by atoms with Gasteiger partial charge in [-0.2, -0.15) is 0 Å². The summed E-state index contributed by atoms with van der Waals surface area (Å²) < 4.78 is 0.752. The minimum Gasteiger partial charge on any atom is -0.480 e. The molecule has 0 saturated carbocycles. The highest BCUT2D eigenvalue weighted by atomic mass is 79.9. The van der Waals surface area contributed by atoms with Gasteiger partial charge in [-0.15, -0.1) is 12.4 Å². The summed E-state index contributed by atoms with van der Waals surface area (Å²) in [6, 6.07) is 6.55. The number of amides is 2. The number of nitrogens with zero attached hydrogens (tertiary/aromatic N) is 1. The van der Waals surface area contributed by atoms with Crippen molar-refractivity contribution in [1.82, 2.24) is 10.2 Å². The molecule has 1 aromatic rings. The number of aliphatic carboxylic acids is 1. The predicted octanol–water partition coefficient (Wildman–Crippen LogP) is 1.86. The molecule has 0 spiro atoms.